The third-order valence-corrected chi connectivity index (χ3v) is 10.5. The van der Waals surface area contributed by atoms with Gasteiger partial charge in [-0.3, -0.25) is 0 Å². The van der Waals surface area contributed by atoms with Crippen LogP contribution >= 0.6 is 0 Å². The van der Waals surface area contributed by atoms with Crippen molar-refractivity contribution in [3.05, 3.63) is 176 Å². The molecule has 0 amide bonds. The lowest BCUT2D eigenvalue weighted by Crippen LogP contribution is -2.00. The smallest absolute Gasteiger partial charge is 0.164 e. The topological polar surface area (TPSA) is 51.8 Å². The number of fused-ring (bicyclic) bond motifs is 9. The molecule has 4 nitrogen and oxygen atoms in total. The average Bonchev–Trinajstić information content (AvgIpc) is 3.61. The minimum Gasteiger partial charge on any atom is -0.456 e. The van der Waals surface area contributed by atoms with E-state index in [1.165, 1.54) is 43.3 Å². The van der Waals surface area contributed by atoms with Crippen LogP contribution in [0.1, 0.15) is 0 Å². The molecule has 53 heavy (non-hydrogen) atoms. The summed E-state index contributed by atoms with van der Waals surface area (Å²) in [6.07, 6.45) is 0. The first kappa shape index (κ1) is 29.5. The molecule has 246 valence electrons. The van der Waals surface area contributed by atoms with Crippen LogP contribution in [0.5, 0.6) is 0 Å². The molecule has 0 atom stereocenters. The van der Waals surface area contributed by atoms with E-state index in [2.05, 4.69) is 133 Å². The summed E-state index contributed by atoms with van der Waals surface area (Å²) in [6.45, 7) is 0. The van der Waals surface area contributed by atoms with E-state index < -0.39 is 0 Å². The van der Waals surface area contributed by atoms with E-state index in [1.807, 2.05) is 42.5 Å². The van der Waals surface area contributed by atoms with Gasteiger partial charge in [-0.15, -0.1) is 0 Å². The molecule has 2 heterocycles. The molecular weight excluding hydrogens is 647 g/mol. The predicted octanol–water partition coefficient (Wildman–Crippen LogP) is 13.1. The second-order valence-corrected chi connectivity index (χ2v) is 13.6. The Morgan fingerprint density at radius 1 is 0.302 bits per heavy atom. The maximum atomic E-state index is 6.65. The molecule has 0 aliphatic carbocycles. The Kier molecular flexibility index (Phi) is 6.52. The van der Waals surface area contributed by atoms with Gasteiger partial charge in [0.2, 0.25) is 0 Å². The Morgan fingerprint density at radius 2 is 0.943 bits per heavy atom. The number of benzene rings is 9. The van der Waals surface area contributed by atoms with Crippen molar-refractivity contribution < 1.29 is 4.42 Å². The molecule has 0 aliphatic rings. The standard InChI is InChI=1S/C49H29N3O/c1-2-13-32(14-3-1)47-50-48(35-22-21-30-11-4-5-15-33(30)27-35)52-49(51-47)41-19-10-20-44-46(41)40-26-24-34(28-45(40)53-44)42-29-43-36-16-7-6-12-31(36)23-25-39(43)37-17-8-9-18-38(37)42/h1-29H. The van der Waals surface area contributed by atoms with Crippen LogP contribution in [0, 0.1) is 0 Å². The number of hydrogen-bond acceptors (Lipinski definition) is 4. The average molecular weight is 676 g/mol. The molecule has 0 spiro atoms. The minimum atomic E-state index is 0.604. The Hall–Kier alpha value is -7.17. The third kappa shape index (κ3) is 4.80. The van der Waals surface area contributed by atoms with E-state index >= 15 is 0 Å². The summed E-state index contributed by atoms with van der Waals surface area (Å²) in [5, 5.41) is 11.8. The fourth-order valence-electron chi connectivity index (χ4n) is 7.95. The van der Waals surface area contributed by atoms with E-state index in [1.54, 1.807) is 0 Å². The first-order valence-electron chi connectivity index (χ1n) is 17.9. The zero-order valence-corrected chi connectivity index (χ0v) is 28.5. The van der Waals surface area contributed by atoms with Gasteiger partial charge in [-0.1, -0.05) is 146 Å². The molecule has 0 saturated carbocycles. The molecular formula is C49H29N3O. The molecule has 0 saturated heterocycles. The van der Waals surface area contributed by atoms with Gasteiger partial charge in [-0.25, -0.2) is 15.0 Å². The van der Waals surface area contributed by atoms with Gasteiger partial charge in [0.1, 0.15) is 11.2 Å². The fourth-order valence-corrected chi connectivity index (χ4v) is 7.95. The second kappa shape index (κ2) is 11.7. The number of rotatable bonds is 4. The normalized spacial score (nSPS) is 11.8. The van der Waals surface area contributed by atoms with Crippen molar-refractivity contribution in [2.45, 2.75) is 0 Å². The number of hydrogen-bond donors (Lipinski definition) is 0. The quantitative estimate of drug-likeness (QED) is 0.174. The van der Waals surface area contributed by atoms with Crippen molar-refractivity contribution in [1.29, 1.82) is 0 Å². The Labute approximate surface area is 304 Å². The lowest BCUT2D eigenvalue weighted by atomic mass is 9.90. The van der Waals surface area contributed by atoms with Gasteiger partial charge in [0, 0.05) is 27.5 Å². The van der Waals surface area contributed by atoms with E-state index in [4.69, 9.17) is 19.4 Å². The zero-order chi connectivity index (χ0) is 34.9. The first-order valence-corrected chi connectivity index (χ1v) is 17.9. The van der Waals surface area contributed by atoms with Crippen molar-refractivity contribution in [3.8, 4) is 45.3 Å². The molecule has 0 fully saturated rings. The van der Waals surface area contributed by atoms with Crippen molar-refractivity contribution in [1.82, 2.24) is 15.0 Å². The molecule has 11 rings (SSSR count). The lowest BCUT2D eigenvalue weighted by Gasteiger charge is -2.13. The summed E-state index contributed by atoms with van der Waals surface area (Å²) in [5.74, 6) is 1.86. The molecule has 2 aromatic heterocycles. The summed E-state index contributed by atoms with van der Waals surface area (Å²) in [6, 6.07) is 61.7. The second-order valence-electron chi connectivity index (χ2n) is 13.6. The zero-order valence-electron chi connectivity index (χ0n) is 28.5. The molecule has 0 N–H and O–H groups in total. The van der Waals surface area contributed by atoms with Gasteiger partial charge in [0.25, 0.3) is 0 Å². The van der Waals surface area contributed by atoms with Crippen LogP contribution in [-0.4, -0.2) is 15.0 Å². The van der Waals surface area contributed by atoms with Crippen LogP contribution in [-0.2, 0) is 0 Å². The van der Waals surface area contributed by atoms with E-state index in [0.29, 0.717) is 17.5 Å². The van der Waals surface area contributed by atoms with Crippen LogP contribution in [0.2, 0.25) is 0 Å². The highest BCUT2D eigenvalue weighted by Gasteiger charge is 2.19. The molecule has 9 aromatic carbocycles. The third-order valence-electron chi connectivity index (χ3n) is 10.5. The van der Waals surface area contributed by atoms with Crippen molar-refractivity contribution in [2.24, 2.45) is 0 Å². The van der Waals surface area contributed by atoms with Crippen molar-refractivity contribution in [2.75, 3.05) is 0 Å². The minimum absolute atomic E-state index is 0.604. The number of furan rings is 1. The van der Waals surface area contributed by atoms with Gasteiger partial charge in [-0.05, 0) is 84.5 Å². The van der Waals surface area contributed by atoms with Crippen molar-refractivity contribution in [3.63, 3.8) is 0 Å². The Balaban J connectivity index is 1.11. The summed E-state index contributed by atoms with van der Waals surface area (Å²) in [5.41, 5.74) is 6.66. The summed E-state index contributed by atoms with van der Waals surface area (Å²) in [4.78, 5) is 15.2. The van der Waals surface area contributed by atoms with Gasteiger partial charge in [0.05, 0.1) is 0 Å². The maximum Gasteiger partial charge on any atom is 0.164 e. The largest absolute Gasteiger partial charge is 0.456 e. The van der Waals surface area contributed by atoms with Crippen LogP contribution in [0.25, 0.3) is 110 Å². The monoisotopic (exact) mass is 675 g/mol. The van der Waals surface area contributed by atoms with Crippen LogP contribution in [0.3, 0.4) is 0 Å². The van der Waals surface area contributed by atoms with E-state index in [0.717, 1.165) is 49.6 Å². The molecule has 11 aromatic rings. The Bertz CT molecular complexity index is 3240. The molecule has 4 heteroatoms. The summed E-state index contributed by atoms with van der Waals surface area (Å²) >= 11 is 0. The summed E-state index contributed by atoms with van der Waals surface area (Å²) < 4.78 is 6.65. The number of nitrogens with zero attached hydrogens (tertiary/aromatic N) is 3. The van der Waals surface area contributed by atoms with Gasteiger partial charge >= 0.3 is 0 Å². The highest BCUT2D eigenvalue weighted by atomic mass is 16.3. The van der Waals surface area contributed by atoms with Crippen LogP contribution < -0.4 is 0 Å². The van der Waals surface area contributed by atoms with Crippen LogP contribution in [0.4, 0.5) is 0 Å². The van der Waals surface area contributed by atoms with Gasteiger partial charge < -0.3 is 4.42 Å². The molecule has 0 aliphatic heterocycles. The van der Waals surface area contributed by atoms with E-state index in [-0.39, 0.29) is 0 Å². The highest BCUT2D eigenvalue weighted by Crippen LogP contribution is 2.42. The van der Waals surface area contributed by atoms with Crippen molar-refractivity contribution >= 4 is 65.0 Å². The SMILES string of the molecule is c1ccc(-c2nc(-c3ccc4ccccc4c3)nc(-c3cccc4oc5cc(-c6cc7c8ccccc8ccc7c7ccccc67)ccc5c34)n2)cc1. The fraction of sp³-hybridized carbons (Fsp3) is 0. The highest BCUT2D eigenvalue weighted by molar-refractivity contribution is 6.21. The maximum absolute atomic E-state index is 6.65. The lowest BCUT2D eigenvalue weighted by molar-refractivity contribution is 0.669. The molecule has 0 unspecified atom stereocenters. The summed E-state index contributed by atoms with van der Waals surface area (Å²) in [7, 11) is 0. The molecule has 0 radical (unpaired) electrons. The van der Waals surface area contributed by atoms with Crippen LogP contribution in [0.15, 0.2) is 180 Å². The molecule has 0 bridgehead atoms. The first-order chi connectivity index (χ1) is 26.2. The van der Waals surface area contributed by atoms with Gasteiger partial charge in [-0.2, -0.15) is 0 Å². The predicted molar refractivity (Wildman–Crippen MR) is 219 cm³/mol. The van der Waals surface area contributed by atoms with Gasteiger partial charge in [0.15, 0.2) is 17.5 Å². The Morgan fingerprint density at radius 3 is 1.81 bits per heavy atom. The van der Waals surface area contributed by atoms with E-state index in [9.17, 15) is 0 Å². The number of aromatic nitrogens is 3.